The van der Waals surface area contributed by atoms with Crippen molar-refractivity contribution in [1.29, 1.82) is 0 Å². The number of piperidine rings is 1. The summed E-state index contributed by atoms with van der Waals surface area (Å²) in [5.41, 5.74) is 5.15. The molecule has 37 heavy (non-hydrogen) atoms. The molecule has 0 spiro atoms. The molecule has 190 valence electrons. The van der Waals surface area contributed by atoms with Crippen LogP contribution in [0.25, 0.3) is 21.9 Å². The topological polar surface area (TPSA) is 88.1 Å². The van der Waals surface area contributed by atoms with E-state index in [9.17, 15) is 9.59 Å². The average Bonchev–Trinajstić information content (AvgIpc) is 3.35. The number of aromatic nitrogens is 2. The molecule has 0 saturated carbocycles. The lowest BCUT2D eigenvalue weighted by atomic mass is 9.94. The molecule has 2 unspecified atom stereocenters. The summed E-state index contributed by atoms with van der Waals surface area (Å²) in [5.74, 6) is -0.227. The molecule has 1 aliphatic heterocycles. The molecule has 7 heteroatoms. The van der Waals surface area contributed by atoms with Crippen LogP contribution < -0.4 is 16.0 Å². The van der Waals surface area contributed by atoms with Crippen molar-refractivity contribution < 1.29 is 9.59 Å². The first-order chi connectivity index (χ1) is 17.9. The number of nitrogens with zero attached hydrogens (tertiary/aromatic N) is 2. The number of aryl methyl sites for hydroxylation is 2. The van der Waals surface area contributed by atoms with Crippen LogP contribution in [0.15, 0.2) is 67.0 Å². The van der Waals surface area contributed by atoms with E-state index in [1.807, 2.05) is 57.6 Å². The summed E-state index contributed by atoms with van der Waals surface area (Å²) in [4.78, 5) is 26.1. The highest BCUT2D eigenvalue weighted by Gasteiger charge is 2.22. The van der Waals surface area contributed by atoms with E-state index >= 15 is 0 Å². The van der Waals surface area contributed by atoms with E-state index in [2.05, 4.69) is 45.3 Å². The first-order valence-corrected chi connectivity index (χ1v) is 12.9. The maximum atomic E-state index is 13.4. The van der Waals surface area contributed by atoms with Crippen LogP contribution in [0.2, 0.25) is 0 Å². The van der Waals surface area contributed by atoms with Crippen molar-refractivity contribution in [3.05, 3.63) is 83.7 Å². The van der Waals surface area contributed by atoms with Crippen LogP contribution in [0.3, 0.4) is 0 Å². The Morgan fingerprint density at radius 1 is 1.08 bits per heavy atom. The van der Waals surface area contributed by atoms with Gasteiger partial charge in [0.05, 0.1) is 18.3 Å². The average molecular weight is 496 g/mol. The molecule has 4 aromatic rings. The van der Waals surface area contributed by atoms with Crippen LogP contribution in [-0.2, 0) is 11.8 Å². The minimum atomic E-state index is -0.238. The number of nitrogens with one attached hydrogen (secondary N) is 3. The van der Waals surface area contributed by atoms with E-state index in [0.29, 0.717) is 11.3 Å². The largest absolute Gasteiger partial charge is 0.345 e. The first-order valence-electron chi connectivity index (χ1n) is 12.9. The molecule has 0 bridgehead atoms. The zero-order valence-corrected chi connectivity index (χ0v) is 21.5. The van der Waals surface area contributed by atoms with Crippen LogP contribution in [0.1, 0.15) is 53.7 Å². The van der Waals surface area contributed by atoms with Crippen molar-refractivity contribution in [3.63, 3.8) is 0 Å². The van der Waals surface area contributed by atoms with Crippen LogP contribution >= 0.6 is 0 Å². The fourth-order valence-electron chi connectivity index (χ4n) is 5.04. The molecule has 0 radical (unpaired) electrons. The standard InChI is InChI=1S/C30H33N5O2/c1-19-11-12-24(34-30(37)28-10-6-7-13-31-28)16-26(19)29(36)33-20(2)27-15-22(23-17-32-35(3)18-23)14-21-8-4-5-9-25(21)27/h4-5,8-9,11-12,14-18,20,28,31H,6-7,10,13H2,1-3H3,(H,33,36)(H,34,37). The van der Waals surface area contributed by atoms with Gasteiger partial charge < -0.3 is 16.0 Å². The van der Waals surface area contributed by atoms with E-state index in [1.54, 1.807) is 10.7 Å². The SMILES string of the molecule is Cc1ccc(NC(=O)C2CCCCN2)cc1C(=O)NC(C)c1cc(-c2cnn(C)c2)cc2ccccc12. The third-order valence-corrected chi connectivity index (χ3v) is 7.12. The minimum absolute atomic E-state index is 0.0537. The van der Waals surface area contributed by atoms with E-state index in [0.717, 1.165) is 58.8 Å². The highest BCUT2D eigenvalue weighted by atomic mass is 16.2. The van der Waals surface area contributed by atoms with Crippen molar-refractivity contribution in [2.24, 2.45) is 7.05 Å². The van der Waals surface area contributed by atoms with Gasteiger partial charge in [-0.3, -0.25) is 14.3 Å². The van der Waals surface area contributed by atoms with E-state index < -0.39 is 0 Å². The predicted molar refractivity (Wildman–Crippen MR) is 147 cm³/mol. The number of carbonyl (C=O) groups excluding carboxylic acids is 2. The van der Waals surface area contributed by atoms with Gasteiger partial charge in [0.15, 0.2) is 0 Å². The van der Waals surface area contributed by atoms with Crippen molar-refractivity contribution in [3.8, 4) is 11.1 Å². The summed E-state index contributed by atoms with van der Waals surface area (Å²) in [7, 11) is 1.90. The fourth-order valence-corrected chi connectivity index (χ4v) is 5.04. The summed E-state index contributed by atoms with van der Waals surface area (Å²) in [6, 6.07) is 17.6. The Morgan fingerprint density at radius 3 is 2.68 bits per heavy atom. The highest BCUT2D eigenvalue weighted by Crippen LogP contribution is 2.31. The number of benzene rings is 3. The fraction of sp³-hybridized carbons (Fsp3) is 0.300. The first kappa shape index (κ1) is 24.7. The molecule has 1 aliphatic rings. The molecule has 2 atom stereocenters. The summed E-state index contributed by atoms with van der Waals surface area (Å²) in [6.45, 7) is 4.77. The third-order valence-electron chi connectivity index (χ3n) is 7.12. The summed E-state index contributed by atoms with van der Waals surface area (Å²) >= 11 is 0. The van der Waals surface area contributed by atoms with Gasteiger partial charge in [-0.15, -0.1) is 0 Å². The number of hydrogen-bond acceptors (Lipinski definition) is 4. The lowest BCUT2D eigenvalue weighted by Crippen LogP contribution is -2.43. The van der Waals surface area contributed by atoms with E-state index in [4.69, 9.17) is 0 Å². The Balaban J connectivity index is 1.39. The zero-order valence-electron chi connectivity index (χ0n) is 21.5. The Morgan fingerprint density at radius 2 is 1.92 bits per heavy atom. The second-order valence-electron chi connectivity index (χ2n) is 9.91. The molecule has 2 amide bonds. The number of fused-ring (bicyclic) bond motifs is 1. The number of hydrogen-bond donors (Lipinski definition) is 3. The molecule has 2 heterocycles. The maximum Gasteiger partial charge on any atom is 0.252 e. The molecule has 1 fully saturated rings. The predicted octanol–water partition coefficient (Wildman–Crippen LogP) is 5.12. The summed E-state index contributed by atoms with van der Waals surface area (Å²) < 4.78 is 1.79. The monoisotopic (exact) mass is 495 g/mol. The van der Waals surface area contributed by atoms with Gasteiger partial charge in [-0.25, -0.2) is 0 Å². The van der Waals surface area contributed by atoms with E-state index in [-0.39, 0.29) is 23.9 Å². The minimum Gasteiger partial charge on any atom is -0.345 e. The molecule has 1 saturated heterocycles. The number of carbonyl (C=O) groups is 2. The van der Waals surface area contributed by atoms with Crippen molar-refractivity contribution >= 4 is 28.3 Å². The summed E-state index contributed by atoms with van der Waals surface area (Å²) in [6.07, 6.45) is 6.80. The van der Waals surface area contributed by atoms with Crippen LogP contribution in [0.5, 0.6) is 0 Å². The second-order valence-corrected chi connectivity index (χ2v) is 9.91. The number of anilines is 1. The molecule has 7 nitrogen and oxygen atoms in total. The molecule has 3 N–H and O–H groups in total. The van der Waals surface area contributed by atoms with Crippen LogP contribution in [0, 0.1) is 6.92 Å². The quantitative estimate of drug-likeness (QED) is 0.346. The number of amides is 2. The maximum absolute atomic E-state index is 13.4. The molecule has 3 aromatic carbocycles. The van der Waals surface area contributed by atoms with Crippen LogP contribution in [-0.4, -0.2) is 34.2 Å². The second kappa shape index (κ2) is 10.6. The lowest BCUT2D eigenvalue weighted by molar-refractivity contribution is -0.118. The Labute approximate surface area is 217 Å². The van der Waals surface area contributed by atoms with E-state index in [1.165, 1.54) is 0 Å². The van der Waals surface area contributed by atoms with Gasteiger partial charge in [0.1, 0.15) is 0 Å². The highest BCUT2D eigenvalue weighted by molar-refractivity contribution is 6.00. The Hall–Kier alpha value is -3.97. The van der Waals surface area contributed by atoms with Gasteiger partial charge in [-0.2, -0.15) is 5.10 Å². The molecular weight excluding hydrogens is 462 g/mol. The lowest BCUT2D eigenvalue weighted by Gasteiger charge is -2.23. The van der Waals surface area contributed by atoms with Gasteiger partial charge in [0, 0.05) is 30.1 Å². The summed E-state index contributed by atoms with van der Waals surface area (Å²) in [5, 5.41) is 16.0. The molecular formula is C30H33N5O2. The third kappa shape index (κ3) is 5.42. The van der Waals surface area contributed by atoms with Crippen molar-refractivity contribution in [2.45, 2.75) is 45.2 Å². The Kier molecular flexibility index (Phi) is 7.06. The van der Waals surface area contributed by atoms with Gasteiger partial charge in [-0.1, -0.05) is 36.8 Å². The molecule has 5 rings (SSSR count). The zero-order chi connectivity index (χ0) is 25.9. The smallest absolute Gasteiger partial charge is 0.252 e. The van der Waals surface area contributed by atoms with Crippen LogP contribution in [0.4, 0.5) is 5.69 Å². The van der Waals surface area contributed by atoms with Crippen molar-refractivity contribution in [2.75, 3.05) is 11.9 Å². The number of rotatable bonds is 6. The van der Waals surface area contributed by atoms with Gasteiger partial charge in [0.2, 0.25) is 5.91 Å². The van der Waals surface area contributed by atoms with Gasteiger partial charge >= 0.3 is 0 Å². The molecule has 1 aromatic heterocycles. The Bertz CT molecular complexity index is 1450. The normalized spacial score (nSPS) is 16.4. The van der Waals surface area contributed by atoms with Gasteiger partial charge in [0.25, 0.3) is 5.91 Å². The van der Waals surface area contributed by atoms with Crippen molar-refractivity contribution in [1.82, 2.24) is 20.4 Å². The van der Waals surface area contributed by atoms with Gasteiger partial charge in [-0.05, 0) is 85.0 Å². The molecule has 0 aliphatic carbocycles.